The lowest BCUT2D eigenvalue weighted by Gasteiger charge is -2.10. The molecule has 3 aromatic heterocycles. The SMILES string of the molecule is Cc1cc(C(=O)O[C@@H](C)c2nnc(-c3ccccc3)o2)c(C)n1Cc1cccs1. The highest BCUT2D eigenvalue weighted by atomic mass is 32.1. The predicted molar refractivity (Wildman–Crippen MR) is 111 cm³/mol. The van der Waals surface area contributed by atoms with Crippen molar-refractivity contribution in [2.45, 2.75) is 33.4 Å². The van der Waals surface area contributed by atoms with Crippen LogP contribution in [0.1, 0.15) is 45.5 Å². The van der Waals surface area contributed by atoms with E-state index in [4.69, 9.17) is 9.15 Å². The third kappa shape index (κ3) is 4.00. The van der Waals surface area contributed by atoms with Crippen LogP contribution >= 0.6 is 11.3 Å². The minimum atomic E-state index is -0.646. The first-order valence-corrected chi connectivity index (χ1v) is 10.2. The molecule has 1 aromatic carbocycles. The Bertz CT molecular complexity index is 1110. The van der Waals surface area contributed by atoms with Gasteiger partial charge in [0.2, 0.25) is 5.89 Å². The molecule has 4 aromatic rings. The topological polar surface area (TPSA) is 70.2 Å². The van der Waals surface area contributed by atoms with Gasteiger partial charge in [-0.2, -0.15) is 0 Å². The minimum absolute atomic E-state index is 0.268. The normalized spacial score (nSPS) is 12.1. The number of carbonyl (C=O) groups excluding carboxylic acids is 1. The maximum absolute atomic E-state index is 12.8. The van der Waals surface area contributed by atoms with E-state index < -0.39 is 12.1 Å². The van der Waals surface area contributed by atoms with Gasteiger partial charge in [-0.05, 0) is 50.4 Å². The second-order valence-corrected chi connectivity index (χ2v) is 7.84. The summed E-state index contributed by atoms with van der Waals surface area (Å²) in [5.74, 6) is 0.268. The van der Waals surface area contributed by atoms with Gasteiger partial charge in [0.1, 0.15) is 0 Å². The number of benzene rings is 1. The Labute approximate surface area is 172 Å². The molecule has 0 saturated heterocycles. The molecule has 3 heterocycles. The monoisotopic (exact) mass is 407 g/mol. The molecule has 29 heavy (non-hydrogen) atoms. The number of aromatic nitrogens is 3. The van der Waals surface area contributed by atoms with E-state index in [0.717, 1.165) is 23.5 Å². The van der Waals surface area contributed by atoms with Crippen LogP contribution in [0.4, 0.5) is 0 Å². The number of hydrogen-bond donors (Lipinski definition) is 0. The summed E-state index contributed by atoms with van der Waals surface area (Å²) >= 11 is 1.70. The molecular weight excluding hydrogens is 386 g/mol. The van der Waals surface area contributed by atoms with Crippen LogP contribution in [-0.2, 0) is 11.3 Å². The van der Waals surface area contributed by atoms with E-state index in [1.807, 2.05) is 56.3 Å². The van der Waals surface area contributed by atoms with Crippen LogP contribution in [0.15, 0.2) is 58.3 Å². The Morgan fingerprint density at radius 2 is 1.97 bits per heavy atom. The number of ether oxygens (including phenoxy) is 1. The van der Waals surface area contributed by atoms with E-state index in [1.165, 1.54) is 4.88 Å². The first-order chi connectivity index (χ1) is 14.0. The van der Waals surface area contributed by atoms with E-state index in [9.17, 15) is 4.79 Å². The average Bonchev–Trinajstić information content (AvgIpc) is 3.46. The summed E-state index contributed by atoms with van der Waals surface area (Å²) in [6, 6.07) is 15.5. The van der Waals surface area contributed by atoms with Crippen molar-refractivity contribution < 1.29 is 13.9 Å². The van der Waals surface area contributed by atoms with Crippen molar-refractivity contribution >= 4 is 17.3 Å². The summed E-state index contributed by atoms with van der Waals surface area (Å²) in [5, 5.41) is 10.1. The van der Waals surface area contributed by atoms with Gasteiger partial charge in [-0.15, -0.1) is 21.5 Å². The molecule has 0 bridgehead atoms. The number of aryl methyl sites for hydroxylation is 1. The summed E-state index contributed by atoms with van der Waals surface area (Å²) < 4.78 is 13.4. The van der Waals surface area contributed by atoms with Gasteiger partial charge in [0, 0.05) is 21.8 Å². The molecule has 0 saturated carbocycles. The molecule has 0 radical (unpaired) electrons. The van der Waals surface area contributed by atoms with Crippen LogP contribution in [0.5, 0.6) is 0 Å². The Morgan fingerprint density at radius 1 is 1.17 bits per heavy atom. The minimum Gasteiger partial charge on any atom is -0.449 e. The van der Waals surface area contributed by atoms with Gasteiger partial charge in [-0.1, -0.05) is 24.3 Å². The molecule has 0 fully saturated rings. The van der Waals surface area contributed by atoms with Crippen molar-refractivity contribution in [3.8, 4) is 11.5 Å². The molecular formula is C22H21N3O3S. The zero-order valence-electron chi connectivity index (χ0n) is 16.5. The molecule has 148 valence electrons. The average molecular weight is 407 g/mol. The Balaban J connectivity index is 1.49. The molecule has 0 aliphatic carbocycles. The highest BCUT2D eigenvalue weighted by Crippen LogP contribution is 2.25. The first-order valence-electron chi connectivity index (χ1n) is 9.32. The Hall–Kier alpha value is -3.19. The summed E-state index contributed by atoms with van der Waals surface area (Å²) in [4.78, 5) is 14.0. The van der Waals surface area contributed by atoms with E-state index in [2.05, 4.69) is 26.2 Å². The van der Waals surface area contributed by atoms with Crippen molar-refractivity contribution in [3.63, 3.8) is 0 Å². The molecule has 0 spiro atoms. The second kappa shape index (κ2) is 8.05. The molecule has 0 amide bonds. The highest BCUT2D eigenvalue weighted by Gasteiger charge is 2.23. The Kier molecular flexibility index (Phi) is 5.31. The van der Waals surface area contributed by atoms with Crippen molar-refractivity contribution in [2.24, 2.45) is 0 Å². The maximum Gasteiger partial charge on any atom is 0.340 e. The number of nitrogens with zero attached hydrogens (tertiary/aromatic N) is 3. The smallest absolute Gasteiger partial charge is 0.340 e. The number of hydrogen-bond acceptors (Lipinski definition) is 6. The van der Waals surface area contributed by atoms with Gasteiger partial charge in [-0.3, -0.25) is 0 Å². The molecule has 0 N–H and O–H groups in total. The van der Waals surface area contributed by atoms with Crippen LogP contribution in [0.25, 0.3) is 11.5 Å². The zero-order chi connectivity index (χ0) is 20.4. The van der Waals surface area contributed by atoms with E-state index in [0.29, 0.717) is 11.5 Å². The van der Waals surface area contributed by atoms with Crippen LogP contribution in [0.3, 0.4) is 0 Å². The van der Waals surface area contributed by atoms with Gasteiger partial charge in [0.05, 0.1) is 12.1 Å². The van der Waals surface area contributed by atoms with Gasteiger partial charge >= 0.3 is 5.97 Å². The van der Waals surface area contributed by atoms with Gasteiger partial charge in [-0.25, -0.2) is 4.79 Å². The fraction of sp³-hybridized carbons (Fsp3) is 0.227. The summed E-state index contributed by atoms with van der Waals surface area (Å²) in [7, 11) is 0. The molecule has 7 heteroatoms. The van der Waals surface area contributed by atoms with Crippen LogP contribution < -0.4 is 0 Å². The van der Waals surface area contributed by atoms with Crippen LogP contribution in [-0.4, -0.2) is 20.7 Å². The van der Waals surface area contributed by atoms with Crippen molar-refractivity contribution in [1.82, 2.24) is 14.8 Å². The van der Waals surface area contributed by atoms with E-state index >= 15 is 0 Å². The van der Waals surface area contributed by atoms with Crippen molar-refractivity contribution in [1.29, 1.82) is 0 Å². The van der Waals surface area contributed by atoms with E-state index in [1.54, 1.807) is 18.3 Å². The molecule has 1 atom stereocenters. The lowest BCUT2D eigenvalue weighted by Crippen LogP contribution is -2.11. The largest absolute Gasteiger partial charge is 0.449 e. The zero-order valence-corrected chi connectivity index (χ0v) is 17.3. The molecule has 6 nitrogen and oxygen atoms in total. The number of carbonyl (C=O) groups is 1. The summed E-state index contributed by atoms with van der Waals surface area (Å²) in [5.41, 5.74) is 3.26. The van der Waals surface area contributed by atoms with Crippen LogP contribution in [0, 0.1) is 13.8 Å². The van der Waals surface area contributed by atoms with Gasteiger partial charge < -0.3 is 13.7 Å². The molecule has 0 aliphatic rings. The number of esters is 1. The standard InChI is InChI=1S/C22H21N3O3S/c1-14-12-19(15(2)25(14)13-18-10-7-11-29-18)22(26)27-16(3)20-23-24-21(28-20)17-8-5-4-6-9-17/h4-12,16H,13H2,1-3H3/t16-/m0/s1. The second-order valence-electron chi connectivity index (χ2n) is 6.81. The predicted octanol–water partition coefficient (Wildman–Crippen LogP) is 5.18. The Morgan fingerprint density at radius 3 is 2.69 bits per heavy atom. The third-order valence-electron chi connectivity index (χ3n) is 4.78. The quantitative estimate of drug-likeness (QED) is 0.412. The van der Waals surface area contributed by atoms with Crippen molar-refractivity contribution in [2.75, 3.05) is 0 Å². The summed E-state index contributed by atoms with van der Waals surface area (Å²) in [6.45, 7) is 6.39. The highest BCUT2D eigenvalue weighted by molar-refractivity contribution is 7.09. The summed E-state index contributed by atoms with van der Waals surface area (Å²) in [6.07, 6.45) is -0.646. The van der Waals surface area contributed by atoms with Gasteiger partial charge in [0.25, 0.3) is 5.89 Å². The number of rotatable bonds is 6. The van der Waals surface area contributed by atoms with Gasteiger partial charge in [0.15, 0.2) is 6.10 Å². The molecule has 0 aliphatic heterocycles. The lowest BCUT2D eigenvalue weighted by atomic mass is 10.2. The van der Waals surface area contributed by atoms with E-state index in [-0.39, 0.29) is 5.89 Å². The molecule has 0 unspecified atom stereocenters. The first kappa shape index (κ1) is 19.1. The fourth-order valence-corrected chi connectivity index (χ4v) is 3.87. The lowest BCUT2D eigenvalue weighted by molar-refractivity contribution is 0.0279. The third-order valence-corrected chi connectivity index (χ3v) is 5.64. The fourth-order valence-electron chi connectivity index (χ4n) is 3.18. The van der Waals surface area contributed by atoms with Crippen LogP contribution in [0.2, 0.25) is 0 Å². The maximum atomic E-state index is 12.8. The molecule has 4 rings (SSSR count). The van der Waals surface area contributed by atoms with Crippen molar-refractivity contribution in [3.05, 3.63) is 81.6 Å². The number of thiophene rings is 1.